The van der Waals surface area contributed by atoms with Gasteiger partial charge in [-0.1, -0.05) is 36.4 Å². The maximum atomic E-state index is 11.0. The fraction of sp³-hybridized carbons (Fsp3) is 0.182. The van der Waals surface area contributed by atoms with E-state index < -0.39 is 5.41 Å². The van der Waals surface area contributed by atoms with E-state index >= 15 is 0 Å². The molecule has 0 heterocycles. The normalized spacial score (nSPS) is 11.1. The zero-order valence-corrected chi connectivity index (χ0v) is 15.5. The van der Waals surface area contributed by atoms with Crippen molar-refractivity contribution in [3.05, 3.63) is 99.6 Å². The van der Waals surface area contributed by atoms with Crippen molar-refractivity contribution in [2.24, 2.45) is 0 Å². The molecule has 0 saturated heterocycles. The molecule has 5 nitrogen and oxygen atoms in total. The summed E-state index contributed by atoms with van der Waals surface area (Å²) >= 11 is 0. The lowest BCUT2D eigenvalue weighted by atomic mass is 9.71. The van der Waals surface area contributed by atoms with Crippen LogP contribution in [0.3, 0.4) is 0 Å². The molecule has 0 aliphatic rings. The second-order valence-corrected chi connectivity index (χ2v) is 6.39. The number of nitro groups is 1. The highest BCUT2D eigenvalue weighted by atomic mass is 16.6. The number of hydrogen-bond donors (Lipinski definition) is 0. The van der Waals surface area contributed by atoms with Crippen LogP contribution in [-0.4, -0.2) is 19.1 Å². The Hall–Kier alpha value is -3.34. The van der Waals surface area contributed by atoms with Gasteiger partial charge in [0.25, 0.3) is 5.69 Å². The Morgan fingerprint density at radius 3 is 1.33 bits per heavy atom. The first kappa shape index (κ1) is 18.5. The van der Waals surface area contributed by atoms with E-state index in [0.717, 1.165) is 28.2 Å². The van der Waals surface area contributed by atoms with Crippen LogP contribution in [0, 0.1) is 10.1 Å². The predicted molar refractivity (Wildman–Crippen MR) is 105 cm³/mol. The molecule has 0 saturated carbocycles. The summed E-state index contributed by atoms with van der Waals surface area (Å²) in [6.07, 6.45) is 0. The summed E-state index contributed by atoms with van der Waals surface area (Å²) < 4.78 is 10.5. The van der Waals surface area contributed by atoms with Gasteiger partial charge in [-0.15, -0.1) is 0 Å². The number of methoxy groups -OCH3 is 2. The lowest BCUT2D eigenvalue weighted by Gasteiger charge is -2.32. The standard InChI is InChI=1S/C22H21NO4/c1-22(17-6-12-20(26-2)13-7-17,18-8-14-21(27-3)15-9-18)16-4-10-19(11-5-16)23(24)25/h4-15H,1-3H3. The van der Waals surface area contributed by atoms with Crippen LogP contribution in [0.1, 0.15) is 23.6 Å². The molecular formula is C22H21NO4. The molecule has 0 fully saturated rings. The van der Waals surface area contributed by atoms with E-state index in [9.17, 15) is 10.1 Å². The molecule has 0 aliphatic heterocycles. The summed E-state index contributed by atoms with van der Waals surface area (Å²) in [5, 5.41) is 11.0. The highest BCUT2D eigenvalue weighted by Gasteiger charge is 2.31. The van der Waals surface area contributed by atoms with Gasteiger partial charge in [-0.25, -0.2) is 0 Å². The van der Waals surface area contributed by atoms with Crippen LogP contribution in [0.25, 0.3) is 0 Å². The van der Waals surface area contributed by atoms with Crippen LogP contribution in [0.15, 0.2) is 72.8 Å². The van der Waals surface area contributed by atoms with Crippen molar-refractivity contribution in [3.63, 3.8) is 0 Å². The van der Waals surface area contributed by atoms with Gasteiger partial charge in [0.05, 0.1) is 19.1 Å². The molecule has 27 heavy (non-hydrogen) atoms. The van der Waals surface area contributed by atoms with Crippen molar-refractivity contribution in [3.8, 4) is 11.5 Å². The third-order valence-corrected chi connectivity index (χ3v) is 4.99. The first-order valence-electron chi connectivity index (χ1n) is 8.53. The maximum Gasteiger partial charge on any atom is 0.269 e. The summed E-state index contributed by atoms with van der Waals surface area (Å²) in [7, 11) is 3.27. The number of nitro benzene ring substituents is 1. The quantitative estimate of drug-likeness (QED) is 0.352. The number of rotatable bonds is 6. The largest absolute Gasteiger partial charge is 0.497 e. The van der Waals surface area contributed by atoms with E-state index in [1.165, 1.54) is 0 Å². The van der Waals surface area contributed by atoms with Crippen LogP contribution >= 0.6 is 0 Å². The van der Waals surface area contributed by atoms with E-state index in [1.807, 2.05) is 60.7 Å². The van der Waals surface area contributed by atoms with E-state index in [2.05, 4.69) is 6.92 Å². The van der Waals surface area contributed by atoms with Crippen LogP contribution in [0.2, 0.25) is 0 Å². The van der Waals surface area contributed by atoms with E-state index in [0.29, 0.717) is 0 Å². The average molecular weight is 363 g/mol. The number of hydrogen-bond acceptors (Lipinski definition) is 4. The molecule has 0 unspecified atom stereocenters. The van der Waals surface area contributed by atoms with Gasteiger partial charge < -0.3 is 9.47 Å². The Morgan fingerprint density at radius 2 is 1.04 bits per heavy atom. The Labute approximate surface area is 158 Å². The molecule has 3 aromatic carbocycles. The Kier molecular flexibility index (Phi) is 5.12. The third kappa shape index (κ3) is 3.49. The molecule has 138 valence electrons. The molecule has 0 bridgehead atoms. The number of nitrogens with zero attached hydrogens (tertiary/aromatic N) is 1. The summed E-state index contributed by atoms with van der Waals surface area (Å²) in [6, 6.07) is 22.5. The van der Waals surface area contributed by atoms with Crippen LogP contribution < -0.4 is 9.47 Å². The van der Waals surface area contributed by atoms with Crippen LogP contribution in [0.5, 0.6) is 11.5 Å². The average Bonchev–Trinajstić information content (AvgIpc) is 2.73. The highest BCUT2D eigenvalue weighted by molar-refractivity contribution is 5.52. The van der Waals surface area contributed by atoms with Crippen molar-refractivity contribution < 1.29 is 14.4 Å². The third-order valence-electron chi connectivity index (χ3n) is 4.99. The topological polar surface area (TPSA) is 61.6 Å². The van der Waals surface area contributed by atoms with Gasteiger partial charge in [0.2, 0.25) is 0 Å². The minimum atomic E-state index is -0.492. The predicted octanol–water partition coefficient (Wildman–Crippen LogP) is 4.97. The number of ether oxygens (including phenoxy) is 2. The fourth-order valence-corrected chi connectivity index (χ4v) is 3.27. The molecule has 3 aromatic rings. The van der Waals surface area contributed by atoms with Crippen LogP contribution in [-0.2, 0) is 5.41 Å². The second-order valence-electron chi connectivity index (χ2n) is 6.39. The zero-order chi connectivity index (χ0) is 19.4. The Bertz CT molecular complexity index is 869. The van der Waals surface area contributed by atoms with Gasteiger partial charge in [0, 0.05) is 17.5 Å². The monoisotopic (exact) mass is 363 g/mol. The van der Waals surface area contributed by atoms with E-state index in [-0.39, 0.29) is 10.6 Å². The fourth-order valence-electron chi connectivity index (χ4n) is 3.27. The first-order chi connectivity index (χ1) is 13.0. The zero-order valence-electron chi connectivity index (χ0n) is 15.5. The van der Waals surface area contributed by atoms with Crippen molar-refractivity contribution in [1.82, 2.24) is 0 Å². The minimum absolute atomic E-state index is 0.0746. The van der Waals surface area contributed by atoms with Gasteiger partial charge in [0.15, 0.2) is 0 Å². The van der Waals surface area contributed by atoms with Gasteiger partial charge in [0.1, 0.15) is 11.5 Å². The molecule has 3 rings (SSSR count). The van der Waals surface area contributed by atoms with Crippen molar-refractivity contribution in [2.75, 3.05) is 14.2 Å². The number of benzene rings is 3. The summed E-state index contributed by atoms with van der Waals surface area (Å²) in [5.74, 6) is 1.55. The summed E-state index contributed by atoms with van der Waals surface area (Å²) in [4.78, 5) is 10.6. The highest BCUT2D eigenvalue weighted by Crippen LogP contribution is 2.40. The Balaban J connectivity index is 2.15. The summed E-state index contributed by atoms with van der Waals surface area (Å²) in [6.45, 7) is 2.11. The van der Waals surface area contributed by atoms with Crippen LogP contribution in [0.4, 0.5) is 5.69 Å². The molecule has 0 N–H and O–H groups in total. The van der Waals surface area contributed by atoms with Gasteiger partial charge >= 0.3 is 0 Å². The van der Waals surface area contributed by atoms with E-state index in [4.69, 9.17) is 9.47 Å². The SMILES string of the molecule is COc1ccc(C(C)(c2ccc(OC)cc2)c2ccc([N+](=O)[O-])cc2)cc1. The molecule has 0 amide bonds. The van der Waals surface area contributed by atoms with E-state index in [1.54, 1.807) is 26.4 Å². The molecule has 0 radical (unpaired) electrons. The second kappa shape index (κ2) is 7.50. The first-order valence-corrected chi connectivity index (χ1v) is 8.53. The van der Waals surface area contributed by atoms with Crippen molar-refractivity contribution in [1.29, 1.82) is 0 Å². The van der Waals surface area contributed by atoms with Gasteiger partial charge in [-0.2, -0.15) is 0 Å². The lowest BCUT2D eigenvalue weighted by molar-refractivity contribution is -0.384. The maximum absolute atomic E-state index is 11.0. The molecule has 0 aromatic heterocycles. The molecule has 0 spiro atoms. The summed E-state index contributed by atoms with van der Waals surface area (Å²) in [5.41, 5.74) is 2.66. The molecule has 0 atom stereocenters. The van der Waals surface area contributed by atoms with Crippen molar-refractivity contribution >= 4 is 5.69 Å². The Morgan fingerprint density at radius 1 is 0.704 bits per heavy atom. The molecule has 5 heteroatoms. The smallest absolute Gasteiger partial charge is 0.269 e. The van der Waals surface area contributed by atoms with Gasteiger partial charge in [-0.3, -0.25) is 10.1 Å². The molecular weight excluding hydrogens is 342 g/mol. The van der Waals surface area contributed by atoms with Gasteiger partial charge in [-0.05, 0) is 47.9 Å². The van der Waals surface area contributed by atoms with Crippen molar-refractivity contribution in [2.45, 2.75) is 12.3 Å². The minimum Gasteiger partial charge on any atom is -0.497 e. The number of non-ortho nitro benzene ring substituents is 1. The lowest BCUT2D eigenvalue weighted by Crippen LogP contribution is -2.25. The molecule has 0 aliphatic carbocycles.